The van der Waals surface area contributed by atoms with Crippen molar-refractivity contribution in [1.82, 2.24) is 5.32 Å². The van der Waals surface area contributed by atoms with E-state index in [0.717, 1.165) is 41.3 Å². The van der Waals surface area contributed by atoms with Gasteiger partial charge in [-0.1, -0.05) is 24.3 Å². The topological polar surface area (TPSA) is 67.6 Å². The molecular weight excluding hydrogens is 326 g/mol. The number of amides is 1. The van der Waals surface area contributed by atoms with E-state index in [1.54, 1.807) is 0 Å². The van der Waals surface area contributed by atoms with Gasteiger partial charge in [0.05, 0.1) is 11.4 Å². The first-order valence-electron chi connectivity index (χ1n) is 9.22. The maximum Gasteiger partial charge on any atom is 0.258 e. The van der Waals surface area contributed by atoms with E-state index in [0.29, 0.717) is 6.54 Å². The quantitative estimate of drug-likeness (QED) is 0.782. The van der Waals surface area contributed by atoms with Crippen LogP contribution in [0.4, 0.5) is 11.4 Å². The molecule has 3 N–H and O–H groups in total. The van der Waals surface area contributed by atoms with Crippen LogP contribution in [0, 0.1) is 6.92 Å². The first kappa shape index (κ1) is 18.1. The zero-order valence-electron chi connectivity index (χ0n) is 15.3. The predicted molar refractivity (Wildman–Crippen MR) is 105 cm³/mol. The average molecular weight is 353 g/mol. The lowest BCUT2D eigenvalue weighted by Crippen LogP contribution is -2.30. The minimum absolute atomic E-state index is 0.00615. The molecule has 1 heterocycles. The van der Waals surface area contributed by atoms with Gasteiger partial charge in [0.25, 0.3) is 5.91 Å². The molecule has 0 radical (unpaired) electrons. The van der Waals surface area contributed by atoms with Crippen LogP contribution in [0.5, 0.6) is 5.75 Å². The number of hydrogen-bond donors (Lipinski definition) is 2. The Hall–Kier alpha value is -2.69. The Balaban J connectivity index is 1.50. The highest BCUT2D eigenvalue weighted by Crippen LogP contribution is 2.27. The van der Waals surface area contributed by atoms with Gasteiger partial charge in [0.1, 0.15) is 5.75 Å². The summed E-state index contributed by atoms with van der Waals surface area (Å²) < 4.78 is 5.57. The van der Waals surface area contributed by atoms with E-state index in [4.69, 9.17) is 10.5 Å². The molecular formula is C21H27N3O2. The molecule has 0 aromatic heterocycles. The van der Waals surface area contributed by atoms with Crippen molar-refractivity contribution in [2.45, 2.75) is 32.7 Å². The third-order valence-corrected chi connectivity index (χ3v) is 4.73. The van der Waals surface area contributed by atoms with Crippen molar-refractivity contribution < 1.29 is 9.53 Å². The second-order valence-corrected chi connectivity index (χ2v) is 6.77. The Morgan fingerprint density at radius 2 is 1.92 bits per heavy atom. The molecule has 0 spiro atoms. The van der Waals surface area contributed by atoms with Gasteiger partial charge in [-0.15, -0.1) is 0 Å². The van der Waals surface area contributed by atoms with Crippen LogP contribution in [0.2, 0.25) is 0 Å². The zero-order valence-corrected chi connectivity index (χ0v) is 15.3. The van der Waals surface area contributed by atoms with Crippen LogP contribution in [0.25, 0.3) is 0 Å². The first-order chi connectivity index (χ1) is 12.6. The molecule has 5 nitrogen and oxygen atoms in total. The van der Waals surface area contributed by atoms with Gasteiger partial charge in [-0.25, -0.2) is 0 Å². The SMILES string of the molecule is Cc1ccccc1OCC(=O)NCc1ccc(N2CCCCC2)c(N)c1. The molecule has 2 aromatic rings. The molecule has 0 unspecified atom stereocenters. The Morgan fingerprint density at radius 3 is 2.65 bits per heavy atom. The van der Waals surface area contributed by atoms with Gasteiger partial charge in [-0.3, -0.25) is 4.79 Å². The van der Waals surface area contributed by atoms with Crippen LogP contribution in [-0.4, -0.2) is 25.6 Å². The lowest BCUT2D eigenvalue weighted by atomic mass is 10.1. The third-order valence-electron chi connectivity index (χ3n) is 4.73. The Kier molecular flexibility index (Phi) is 6.00. The summed E-state index contributed by atoms with van der Waals surface area (Å²) in [5.41, 5.74) is 10.1. The molecule has 2 aromatic carbocycles. The van der Waals surface area contributed by atoms with Crippen LogP contribution in [0.1, 0.15) is 30.4 Å². The largest absolute Gasteiger partial charge is 0.484 e. The Morgan fingerprint density at radius 1 is 1.15 bits per heavy atom. The molecule has 138 valence electrons. The summed E-state index contributed by atoms with van der Waals surface area (Å²) in [6.07, 6.45) is 3.74. The molecule has 1 saturated heterocycles. The van der Waals surface area contributed by atoms with E-state index < -0.39 is 0 Å². The summed E-state index contributed by atoms with van der Waals surface area (Å²) >= 11 is 0. The minimum Gasteiger partial charge on any atom is -0.484 e. The molecule has 0 bridgehead atoms. The summed E-state index contributed by atoms with van der Waals surface area (Å²) in [4.78, 5) is 14.4. The molecule has 26 heavy (non-hydrogen) atoms. The number of ether oxygens (including phenoxy) is 1. The van der Waals surface area contributed by atoms with Crippen molar-refractivity contribution in [3.05, 3.63) is 53.6 Å². The number of nitrogens with two attached hydrogens (primary N) is 1. The highest BCUT2D eigenvalue weighted by Gasteiger charge is 2.13. The normalized spacial score (nSPS) is 14.1. The number of carbonyl (C=O) groups excluding carboxylic acids is 1. The van der Waals surface area contributed by atoms with E-state index in [1.165, 1.54) is 19.3 Å². The summed E-state index contributed by atoms with van der Waals surface area (Å²) in [6, 6.07) is 13.7. The smallest absolute Gasteiger partial charge is 0.258 e. The third kappa shape index (κ3) is 4.69. The summed E-state index contributed by atoms with van der Waals surface area (Å²) in [5, 5.41) is 2.88. The molecule has 0 atom stereocenters. The van der Waals surface area contributed by atoms with Crippen molar-refractivity contribution in [2.24, 2.45) is 0 Å². The Bertz CT molecular complexity index is 755. The average Bonchev–Trinajstić information content (AvgIpc) is 2.66. The molecule has 1 aliphatic heterocycles. The molecule has 1 amide bonds. The Labute approximate surface area is 155 Å². The van der Waals surface area contributed by atoms with Crippen molar-refractivity contribution in [1.29, 1.82) is 0 Å². The van der Waals surface area contributed by atoms with Gasteiger partial charge in [-0.05, 0) is 55.5 Å². The lowest BCUT2D eigenvalue weighted by Gasteiger charge is -2.30. The first-order valence-corrected chi connectivity index (χ1v) is 9.22. The number of hydrogen-bond acceptors (Lipinski definition) is 4. The van der Waals surface area contributed by atoms with Crippen LogP contribution >= 0.6 is 0 Å². The van der Waals surface area contributed by atoms with E-state index in [9.17, 15) is 4.79 Å². The number of carbonyl (C=O) groups is 1. The number of piperidine rings is 1. The minimum atomic E-state index is -0.146. The number of rotatable bonds is 6. The number of aryl methyl sites for hydroxylation is 1. The van der Waals surface area contributed by atoms with E-state index in [1.807, 2.05) is 43.3 Å². The van der Waals surface area contributed by atoms with Crippen LogP contribution in [0.15, 0.2) is 42.5 Å². The molecule has 0 aliphatic carbocycles. The van der Waals surface area contributed by atoms with Crippen LogP contribution in [0.3, 0.4) is 0 Å². The highest BCUT2D eigenvalue weighted by atomic mass is 16.5. The summed E-state index contributed by atoms with van der Waals surface area (Å²) in [7, 11) is 0. The standard InChI is InChI=1S/C21H27N3O2/c1-16-7-3-4-8-20(16)26-15-21(25)23-14-17-9-10-19(18(22)13-17)24-11-5-2-6-12-24/h3-4,7-10,13H,2,5-6,11-12,14-15,22H2,1H3,(H,23,25). The van der Waals surface area contributed by atoms with Gasteiger partial charge in [0.2, 0.25) is 0 Å². The molecule has 5 heteroatoms. The fourth-order valence-corrected chi connectivity index (χ4v) is 3.25. The zero-order chi connectivity index (χ0) is 18.4. The van der Waals surface area contributed by atoms with Crippen molar-refractivity contribution in [3.8, 4) is 5.75 Å². The molecule has 1 fully saturated rings. The molecule has 0 saturated carbocycles. The van der Waals surface area contributed by atoms with Crippen LogP contribution in [-0.2, 0) is 11.3 Å². The van der Waals surface area contributed by atoms with E-state index in [2.05, 4.69) is 16.3 Å². The van der Waals surface area contributed by atoms with Crippen molar-refractivity contribution in [3.63, 3.8) is 0 Å². The van der Waals surface area contributed by atoms with Gasteiger partial charge in [0, 0.05) is 19.6 Å². The predicted octanol–water partition coefficient (Wildman–Crippen LogP) is 3.26. The van der Waals surface area contributed by atoms with Gasteiger partial charge >= 0.3 is 0 Å². The number of nitrogen functional groups attached to an aromatic ring is 1. The van der Waals surface area contributed by atoms with Crippen molar-refractivity contribution >= 4 is 17.3 Å². The maximum absolute atomic E-state index is 12.0. The van der Waals surface area contributed by atoms with Gasteiger partial charge in [-0.2, -0.15) is 0 Å². The fourth-order valence-electron chi connectivity index (χ4n) is 3.25. The summed E-state index contributed by atoms with van der Waals surface area (Å²) in [5.74, 6) is 0.588. The number of anilines is 2. The van der Waals surface area contributed by atoms with E-state index >= 15 is 0 Å². The second-order valence-electron chi connectivity index (χ2n) is 6.77. The van der Waals surface area contributed by atoms with Crippen molar-refractivity contribution in [2.75, 3.05) is 30.3 Å². The van der Waals surface area contributed by atoms with Gasteiger partial charge < -0.3 is 20.7 Å². The lowest BCUT2D eigenvalue weighted by molar-refractivity contribution is -0.123. The fraction of sp³-hybridized carbons (Fsp3) is 0.381. The molecule has 1 aliphatic rings. The number of para-hydroxylation sites is 1. The molecule has 3 rings (SSSR count). The number of benzene rings is 2. The monoisotopic (exact) mass is 353 g/mol. The number of nitrogens with one attached hydrogen (secondary N) is 1. The maximum atomic E-state index is 12.0. The van der Waals surface area contributed by atoms with Crippen LogP contribution < -0.4 is 20.7 Å². The number of nitrogens with zero attached hydrogens (tertiary/aromatic N) is 1. The second kappa shape index (κ2) is 8.61. The highest BCUT2D eigenvalue weighted by molar-refractivity contribution is 5.77. The summed E-state index contributed by atoms with van der Waals surface area (Å²) in [6.45, 7) is 4.54. The van der Waals surface area contributed by atoms with E-state index in [-0.39, 0.29) is 12.5 Å². The van der Waals surface area contributed by atoms with Gasteiger partial charge in [0.15, 0.2) is 6.61 Å².